The van der Waals surface area contributed by atoms with Gasteiger partial charge in [-0.05, 0) is 30.7 Å². The summed E-state index contributed by atoms with van der Waals surface area (Å²) in [6, 6.07) is 5.57. The number of hydrogen-bond donors (Lipinski definition) is 1. The molecule has 0 unspecified atom stereocenters. The molecule has 20 heavy (non-hydrogen) atoms. The summed E-state index contributed by atoms with van der Waals surface area (Å²) in [5, 5.41) is 13.6. The molecule has 5 nitrogen and oxygen atoms in total. The fourth-order valence-electron chi connectivity index (χ4n) is 1.91. The van der Waals surface area contributed by atoms with Gasteiger partial charge in [-0.1, -0.05) is 27.5 Å². The predicted octanol–water partition coefficient (Wildman–Crippen LogP) is 3.44. The Labute approximate surface area is 129 Å². The maximum absolute atomic E-state index is 11.3. The summed E-state index contributed by atoms with van der Waals surface area (Å²) in [6.07, 6.45) is 0. The zero-order valence-corrected chi connectivity index (χ0v) is 13.2. The number of aryl methyl sites for hydroxylation is 1. The first-order valence-electron chi connectivity index (χ1n) is 5.72. The van der Waals surface area contributed by atoms with Crippen LogP contribution in [0.2, 0.25) is 5.15 Å². The van der Waals surface area contributed by atoms with E-state index in [1.165, 1.54) is 11.8 Å². The summed E-state index contributed by atoms with van der Waals surface area (Å²) in [7, 11) is 1.48. The molecule has 0 atom stereocenters. The molecule has 0 aliphatic rings. The van der Waals surface area contributed by atoms with Gasteiger partial charge in [0.25, 0.3) is 0 Å². The van der Waals surface area contributed by atoms with E-state index in [1.54, 1.807) is 0 Å². The van der Waals surface area contributed by atoms with Crippen LogP contribution in [-0.2, 0) is 11.3 Å². The lowest BCUT2D eigenvalue weighted by molar-refractivity contribution is 0.0692. The SMILES string of the molecule is COCc1nn(-c2ccc(Br)cc2C)c(Cl)c1C(=O)O. The number of hydrogen-bond acceptors (Lipinski definition) is 3. The Morgan fingerprint density at radius 3 is 2.80 bits per heavy atom. The number of carbonyl (C=O) groups is 1. The number of halogens is 2. The van der Waals surface area contributed by atoms with Crippen LogP contribution in [-0.4, -0.2) is 28.0 Å². The van der Waals surface area contributed by atoms with Crippen molar-refractivity contribution in [2.75, 3.05) is 7.11 Å². The van der Waals surface area contributed by atoms with E-state index >= 15 is 0 Å². The van der Waals surface area contributed by atoms with E-state index in [2.05, 4.69) is 21.0 Å². The third kappa shape index (κ3) is 2.72. The van der Waals surface area contributed by atoms with Gasteiger partial charge in [-0.2, -0.15) is 5.10 Å². The van der Waals surface area contributed by atoms with Gasteiger partial charge in [-0.15, -0.1) is 0 Å². The monoisotopic (exact) mass is 358 g/mol. The van der Waals surface area contributed by atoms with Gasteiger partial charge >= 0.3 is 5.97 Å². The van der Waals surface area contributed by atoms with Crippen molar-refractivity contribution >= 4 is 33.5 Å². The quantitative estimate of drug-likeness (QED) is 0.908. The first-order valence-corrected chi connectivity index (χ1v) is 6.89. The molecule has 1 aromatic heterocycles. The molecule has 0 bridgehead atoms. The van der Waals surface area contributed by atoms with Gasteiger partial charge in [0, 0.05) is 11.6 Å². The Hall–Kier alpha value is -1.37. The largest absolute Gasteiger partial charge is 0.478 e. The lowest BCUT2D eigenvalue weighted by Gasteiger charge is -2.07. The standard InChI is InChI=1S/C13H12BrClN2O3/c1-7-5-8(14)3-4-10(7)17-12(15)11(13(18)19)9(16-17)6-20-2/h3-5H,6H2,1-2H3,(H,18,19). The van der Waals surface area contributed by atoms with E-state index in [0.29, 0.717) is 5.69 Å². The molecule has 0 saturated carbocycles. The van der Waals surface area contributed by atoms with E-state index in [0.717, 1.165) is 15.7 Å². The van der Waals surface area contributed by atoms with Crippen LogP contribution in [0.1, 0.15) is 21.6 Å². The van der Waals surface area contributed by atoms with Crippen molar-refractivity contribution in [2.24, 2.45) is 0 Å². The minimum atomic E-state index is -1.12. The van der Waals surface area contributed by atoms with Gasteiger partial charge < -0.3 is 9.84 Å². The zero-order chi connectivity index (χ0) is 14.9. The lowest BCUT2D eigenvalue weighted by Crippen LogP contribution is -2.01. The number of rotatable bonds is 4. The Morgan fingerprint density at radius 1 is 1.55 bits per heavy atom. The number of methoxy groups -OCH3 is 1. The molecule has 0 aliphatic heterocycles. The van der Waals surface area contributed by atoms with Gasteiger partial charge in [0.05, 0.1) is 12.3 Å². The maximum Gasteiger partial charge on any atom is 0.340 e. The Morgan fingerprint density at radius 2 is 2.25 bits per heavy atom. The van der Waals surface area contributed by atoms with Gasteiger partial charge in [-0.3, -0.25) is 0 Å². The normalized spacial score (nSPS) is 10.8. The van der Waals surface area contributed by atoms with E-state index in [1.807, 2.05) is 25.1 Å². The van der Waals surface area contributed by atoms with Gasteiger partial charge in [-0.25, -0.2) is 9.48 Å². The van der Waals surface area contributed by atoms with Crippen LogP contribution < -0.4 is 0 Å². The molecule has 0 saturated heterocycles. The summed E-state index contributed by atoms with van der Waals surface area (Å²) >= 11 is 9.54. The van der Waals surface area contributed by atoms with E-state index < -0.39 is 5.97 Å². The average Bonchev–Trinajstić information content (AvgIpc) is 2.67. The van der Waals surface area contributed by atoms with Gasteiger partial charge in [0.2, 0.25) is 0 Å². The molecule has 0 spiro atoms. The van der Waals surface area contributed by atoms with Crippen molar-refractivity contribution in [3.05, 3.63) is 44.6 Å². The molecule has 0 fully saturated rings. The average molecular weight is 360 g/mol. The van der Waals surface area contributed by atoms with Crippen LogP contribution in [0.3, 0.4) is 0 Å². The molecule has 1 N–H and O–H groups in total. The number of nitrogens with zero attached hydrogens (tertiary/aromatic N) is 2. The number of ether oxygens (including phenoxy) is 1. The Balaban J connectivity index is 2.63. The maximum atomic E-state index is 11.3. The highest BCUT2D eigenvalue weighted by Crippen LogP contribution is 2.27. The van der Waals surface area contributed by atoms with Crippen molar-refractivity contribution in [1.29, 1.82) is 0 Å². The lowest BCUT2D eigenvalue weighted by atomic mass is 10.2. The fourth-order valence-corrected chi connectivity index (χ4v) is 2.70. The van der Waals surface area contributed by atoms with Crippen molar-refractivity contribution in [3.8, 4) is 5.69 Å². The second kappa shape index (κ2) is 5.95. The minimum Gasteiger partial charge on any atom is -0.478 e. The molecular weight excluding hydrogens is 348 g/mol. The number of carboxylic acids is 1. The van der Waals surface area contributed by atoms with Crippen LogP contribution >= 0.6 is 27.5 Å². The van der Waals surface area contributed by atoms with Crippen molar-refractivity contribution in [2.45, 2.75) is 13.5 Å². The van der Waals surface area contributed by atoms with Crippen LogP contribution in [0, 0.1) is 6.92 Å². The molecule has 106 valence electrons. The summed E-state index contributed by atoms with van der Waals surface area (Å²) < 4.78 is 7.31. The molecule has 1 aromatic carbocycles. The van der Waals surface area contributed by atoms with Gasteiger partial charge in [0.1, 0.15) is 16.4 Å². The minimum absolute atomic E-state index is 0.0316. The van der Waals surface area contributed by atoms with E-state index in [4.69, 9.17) is 16.3 Å². The smallest absolute Gasteiger partial charge is 0.340 e. The predicted molar refractivity (Wildman–Crippen MR) is 78.7 cm³/mol. The van der Waals surface area contributed by atoms with Gasteiger partial charge in [0.15, 0.2) is 0 Å². The number of aromatic nitrogens is 2. The molecular formula is C13H12BrClN2O3. The van der Waals surface area contributed by atoms with Crippen molar-refractivity contribution in [1.82, 2.24) is 9.78 Å². The van der Waals surface area contributed by atoms with Crippen LogP contribution in [0.25, 0.3) is 5.69 Å². The van der Waals surface area contributed by atoms with Crippen LogP contribution in [0.5, 0.6) is 0 Å². The first-order chi connectivity index (χ1) is 9.45. The number of aromatic carboxylic acids is 1. The Bertz CT molecular complexity index is 670. The number of benzene rings is 1. The summed E-state index contributed by atoms with van der Waals surface area (Å²) in [5.74, 6) is -1.12. The van der Waals surface area contributed by atoms with E-state index in [9.17, 15) is 9.90 Å². The van der Waals surface area contributed by atoms with Crippen LogP contribution in [0.15, 0.2) is 22.7 Å². The zero-order valence-electron chi connectivity index (χ0n) is 10.9. The highest BCUT2D eigenvalue weighted by atomic mass is 79.9. The highest BCUT2D eigenvalue weighted by Gasteiger charge is 2.23. The molecule has 1 heterocycles. The topological polar surface area (TPSA) is 64.4 Å². The summed E-state index contributed by atoms with van der Waals surface area (Å²) in [6.45, 7) is 1.98. The molecule has 7 heteroatoms. The van der Waals surface area contributed by atoms with Crippen molar-refractivity contribution in [3.63, 3.8) is 0 Å². The highest BCUT2D eigenvalue weighted by molar-refractivity contribution is 9.10. The molecule has 0 amide bonds. The molecule has 2 rings (SSSR count). The third-order valence-corrected chi connectivity index (χ3v) is 3.63. The molecule has 0 aliphatic carbocycles. The Kier molecular flexibility index (Phi) is 4.47. The summed E-state index contributed by atoms with van der Waals surface area (Å²) in [5.41, 5.74) is 1.91. The second-order valence-corrected chi connectivity index (χ2v) is 5.47. The van der Waals surface area contributed by atoms with Crippen molar-refractivity contribution < 1.29 is 14.6 Å². The number of carboxylic acid groups (broad SMARTS) is 1. The van der Waals surface area contributed by atoms with E-state index in [-0.39, 0.29) is 17.3 Å². The fraction of sp³-hybridized carbons (Fsp3) is 0.231. The van der Waals surface area contributed by atoms with Crippen LogP contribution in [0.4, 0.5) is 0 Å². The first kappa shape index (κ1) is 15.0. The summed E-state index contributed by atoms with van der Waals surface area (Å²) in [4.78, 5) is 11.3. The third-order valence-electron chi connectivity index (χ3n) is 2.78. The molecule has 2 aromatic rings. The second-order valence-electron chi connectivity index (χ2n) is 4.19. The molecule has 0 radical (unpaired) electrons.